The topological polar surface area (TPSA) is 74.5 Å². The first-order chi connectivity index (χ1) is 10.3. The van der Waals surface area contributed by atoms with Crippen LogP contribution >= 0.6 is 0 Å². The fourth-order valence-electron chi connectivity index (χ4n) is 2.26. The highest BCUT2D eigenvalue weighted by Gasteiger charge is 2.14. The van der Waals surface area contributed by atoms with E-state index in [-0.39, 0.29) is 12.7 Å². The molecule has 0 saturated carbocycles. The van der Waals surface area contributed by atoms with Crippen LogP contribution in [-0.4, -0.2) is 43.6 Å². The molecule has 1 aromatic carbocycles. The predicted molar refractivity (Wildman–Crippen MR) is 79.1 cm³/mol. The maximum absolute atomic E-state index is 9.86. The summed E-state index contributed by atoms with van der Waals surface area (Å²) in [4.78, 5) is 0. The minimum atomic E-state index is -0.566. The average molecular weight is 290 g/mol. The molecule has 2 rings (SSSR count). The van der Waals surface area contributed by atoms with Gasteiger partial charge in [0.05, 0.1) is 17.7 Å². The van der Waals surface area contributed by atoms with E-state index in [0.29, 0.717) is 17.9 Å². The van der Waals surface area contributed by atoms with E-state index in [2.05, 4.69) is 11.4 Å². The van der Waals surface area contributed by atoms with Crippen molar-refractivity contribution in [2.45, 2.75) is 31.5 Å². The first-order valence-corrected chi connectivity index (χ1v) is 7.41. The second-order valence-electron chi connectivity index (χ2n) is 5.25. The van der Waals surface area contributed by atoms with Crippen LogP contribution in [0.5, 0.6) is 5.75 Å². The van der Waals surface area contributed by atoms with Crippen LogP contribution in [-0.2, 0) is 4.74 Å². The zero-order chi connectivity index (χ0) is 14.9. The molecule has 0 radical (unpaired) electrons. The number of nitrogens with zero attached hydrogens (tertiary/aromatic N) is 1. The minimum Gasteiger partial charge on any atom is -0.491 e. The third-order valence-electron chi connectivity index (χ3n) is 3.45. The molecule has 1 fully saturated rings. The SMILES string of the molecule is N#Cc1ccc(OCC(O)CNCC2CCCCO2)cc1. The number of aliphatic hydroxyl groups is 1. The standard InChI is InChI=1S/C16H22N2O3/c17-9-13-4-6-15(7-5-13)21-12-14(19)10-18-11-16-3-1-2-8-20-16/h4-7,14,16,18-19H,1-3,8,10-12H2. The van der Waals surface area contributed by atoms with Gasteiger partial charge in [0.25, 0.3) is 0 Å². The van der Waals surface area contributed by atoms with Gasteiger partial charge in [0.15, 0.2) is 0 Å². The highest BCUT2D eigenvalue weighted by molar-refractivity contribution is 5.34. The fourth-order valence-corrected chi connectivity index (χ4v) is 2.26. The molecule has 1 saturated heterocycles. The van der Waals surface area contributed by atoms with Gasteiger partial charge in [-0.15, -0.1) is 0 Å². The van der Waals surface area contributed by atoms with E-state index in [1.54, 1.807) is 24.3 Å². The number of nitrogens with one attached hydrogen (secondary N) is 1. The lowest BCUT2D eigenvalue weighted by Crippen LogP contribution is -2.37. The quantitative estimate of drug-likeness (QED) is 0.795. The van der Waals surface area contributed by atoms with Crippen LogP contribution in [0.1, 0.15) is 24.8 Å². The Bertz CT molecular complexity index is 450. The molecule has 0 aromatic heterocycles. The summed E-state index contributed by atoms with van der Waals surface area (Å²) in [5.41, 5.74) is 0.594. The number of hydrogen-bond donors (Lipinski definition) is 2. The highest BCUT2D eigenvalue weighted by Crippen LogP contribution is 2.12. The van der Waals surface area contributed by atoms with Crippen molar-refractivity contribution in [1.82, 2.24) is 5.32 Å². The number of hydrogen-bond acceptors (Lipinski definition) is 5. The van der Waals surface area contributed by atoms with Crippen LogP contribution < -0.4 is 10.1 Å². The number of ether oxygens (including phenoxy) is 2. The zero-order valence-corrected chi connectivity index (χ0v) is 12.1. The molecule has 1 aliphatic heterocycles. The molecule has 5 heteroatoms. The monoisotopic (exact) mass is 290 g/mol. The second-order valence-corrected chi connectivity index (χ2v) is 5.25. The van der Waals surface area contributed by atoms with Crippen molar-refractivity contribution in [3.63, 3.8) is 0 Å². The predicted octanol–water partition coefficient (Wildman–Crippen LogP) is 1.46. The highest BCUT2D eigenvalue weighted by atomic mass is 16.5. The lowest BCUT2D eigenvalue weighted by atomic mass is 10.1. The normalized spacial score (nSPS) is 19.7. The molecular formula is C16H22N2O3. The van der Waals surface area contributed by atoms with E-state index in [9.17, 15) is 5.11 Å². The number of benzene rings is 1. The van der Waals surface area contributed by atoms with Gasteiger partial charge in [-0.1, -0.05) is 0 Å². The van der Waals surface area contributed by atoms with Crippen LogP contribution in [0.15, 0.2) is 24.3 Å². The van der Waals surface area contributed by atoms with Crippen LogP contribution in [0.2, 0.25) is 0 Å². The summed E-state index contributed by atoms with van der Waals surface area (Å²) in [7, 11) is 0. The fraction of sp³-hybridized carbons (Fsp3) is 0.562. The van der Waals surface area contributed by atoms with Gasteiger partial charge in [0, 0.05) is 19.7 Å². The molecule has 1 aromatic rings. The summed E-state index contributed by atoms with van der Waals surface area (Å²) in [6.07, 6.45) is 3.16. The first kappa shape index (κ1) is 15.8. The van der Waals surface area contributed by atoms with E-state index >= 15 is 0 Å². The van der Waals surface area contributed by atoms with Crippen molar-refractivity contribution >= 4 is 0 Å². The summed E-state index contributed by atoms with van der Waals surface area (Å²) < 4.78 is 11.1. The zero-order valence-electron chi connectivity index (χ0n) is 12.1. The summed E-state index contributed by atoms with van der Waals surface area (Å²) in [6, 6.07) is 8.90. The molecule has 1 aliphatic rings. The Morgan fingerprint density at radius 3 is 2.86 bits per heavy atom. The van der Waals surface area contributed by atoms with E-state index < -0.39 is 6.10 Å². The van der Waals surface area contributed by atoms with E-state index in [4.69, 9.17) is 14.7 Å². The molecule has 2 atom stereocenters. The maximum atomic E-state index is 9.86. The Labute approximate surface area is 125 Å². The lowest BCUT2D eigenvalue weighted by Gasteiger charge is -2.23. The van der Waals surface area contributed by atoms with Gasteiger partial charge < -0.3 is 19.9 Å². The van der Waals surface area contributed by atoms with Gasteiger partial charge in [-0.25, -0.2) is 0 Å². The Morgan fingerprint density at radius 2 is 2.19 bits per heavy atom. The van der Waals surface area contributed by atoms with Gasteiger partial charge >= 0.3 is 0 Å². The summed E-state index contributed by atoms with van der Waals surface area (Å²) >= 11 is 0. The smallest absolute Gasteiger partial charge is 0.119 e. The summed E-state index contributed by atoms with van der Waals surface area (Å²) in [5.74, 6) is 0.656. The lowest BCUT2D eigenvalue weighted by molar-refractivity contribution is 0.0141. The molecule has 0 aliphatic carbocycles. The first-order valence-electron chi connectivity index (χ1n) is 7.41. The Balaban J connectivity index is 1.60. The maximum Gasteiger partial charge on any atom is 0.119 e. The van der Waals surface area contributed by atoms with E-state index in [0.717, 1.165) is 26.0 Å². The molecule has 114 valence electrons. The Morgan fingerprint density at radius 1 is 1.38 bits per heavy atom. The summed E-state index contributed by atoms with van der Waals surface area (Å²) in [6.45, 7) is 2.32. The van der Waals surface area contributed by atoms with Gasteiger partial charge in [0.1, 0.15) is 18.5 Å². The third kappa shape index (κ3) is 5.72. The van der Waals surface area contributed by atoms with Crippen molar-refractivity contribution in [3.05, 3.63) is 29.8 Å². The molecule has 2 unspecified atom stereocenters. The molecule has 0 amide bonds. The van der Waals surface area contributed by atoms with Gasteiger partial charge in [0.2, 0.25) is 0 Å². The van der Waals surface area contributed by atoms with E-state index in [1.807, 2.05) is 0 Å². The van der Waals surface area contributed by atoms with E-state index in [1.165, 1.54) is 6.42 Å². The Hall–Kier alpha value is -1.61. The largest absolute Gasteiger partial charge is 0.491 e. The van der Waals surface area contributed by atoms with Crippen LogP contribution in [0, 0.1) is 11.3 Å². The molecule has 21 heavy (non-hydrogen) atoms. The van der Waals surface area contributed by atoms with Crippen molar-refractivity contribution < 1.29 is 14.6 Å². The molecular weight excluding hydrogens is 268 g/mol. The second kappa shape index (κ2) is 8.63. The molecule has 0 bridgehead atoms. The number of nitriles is 1. The van der Waals surface area contributed by atoms with Gasteiger partial charge in [-0.3, -0.25) is 0 Å². The summed E-state index contributed by atoms with van der Waals surface area (Å²) in [5, 5.41) is 21.8. The number of aliphatic hydroxyl groups excluding tert-OH is 1. The van der Waals surface area contributed by atoms with Crippen molar-refractivity contribution in [2.75, 3.05) is 26.3 Å². The van der Waals surface area contributed by atoms with Crippen molar-refractivity contribution in [2.24, 2.45) is 0 Å². The van der Waals surface area contributed by atoms with Gasteiger partial charge in [-0.05, 0) is 43.5 Å². The molecule has 2 N–H and O–H groups in total. The number of rotatable bonds is 7. The Kier molecular flexibility index (Phi) is 6.48. The minimum absolute atomic E-state index is 0.227. The van der Waals surface area contributed by atoms with Crippen molar-refractivity contribution in [3.8, 4) is 11.8 Å². The molecule has 0 spiro atoms. The van der Waals surface area contributed by atoms with Crippen LogP contribution in [0.3, 0.4) is 0 Å². The third-order valence-corrected chi connectivity index (χ3v) is 3.45. The molecule has 1 heterocycles. The van der Waals surface area contributed by atoms with Crippen molar-refractivity contribution in [1.29, 1.82) is 5.26 Å². The molecule has 5 nitrogen and oxygen atoms in total. The average Bonchev–Trinajstić information content (AvgIpc) is 2.54. The van der Waals surface area contributed by atoms with Gasteiger partial charge in [-0.2, -0.15) is 5.26 Å². The van der Waals surface area contributed by atoms with Crippen LogP contribution in [0.4, 0.5) is 0 Å². The van der Waals surface area contributed by atoms with Crippen LogP contribution in [0.25, 0.3) is 0 Å².